The molecule has 0 atom stereocenters. The number of nitrogens with zero attached hydrogens (tertiary/aromatic N) is 2. The zero-order valence-electron chi connectivity index (χ0n) is 17.3. The molecule has 4 heteroatoms. The third-order valence-corrected chi connectivity index (χ3v) is 5.27. The molecule has 2 aromatic heterocycles. The molecule has 0 spiro atoms. The number of nitrogens with one attached hydrogen (secondary N) is 1. The van der Waals surface area contributed by atoms with Gasteiger partial charge in [-0.3, -0.25) is 4.98 Å². The molecule has 29 heavy (non-hydrogen) atoms. The Bertz CT molecular complexity index is 1100. The number of aromatic nitrogens is 2. The first-order valence-corrected chi connectivity index (χ1v) is 10.00. The maximum atomic E-state index is 5.28. The standard InChI is InChI=1S/C25H27N3O/c1-28(2)14-6-9-24-25(22-7-4-5-8-23(22)27-24)20-15-19(16-26-17-20)18-10-12-21(29-3)13-11-18/h4-5,7-8,10-13,15-17,27H,6,9,14H2,1-3H3. The molecule has 4 nitrogen and oxygen atoms in total. The topological polar surface area (TPSA) is 41.1 Å². The molecule has 0 aliphatic carbocycles. The van der Waals surface area contributed by atoms with E-state index in [4.69, 9.17) is 4.74 Å². The number of H-pyrrole nitrogens is 1. The molecular weight excluding hydrogens is 358 g/mol. The highest BCUT2D eigenvalue weighted by atomic mass is 16.5. The lowest BCUT2D eigenvalue weighted by Gasteiger charge is -2.11. The van der Waals surface area contributed by atoms with E-state index in [1.165, 1.54) is 22.2 Å². The number of rotatable bonds is 7. The Morgan fingerprint density at radius 2 is 1.69 bits per heavy atom. The maximum absolute atomic E-state index is 5.28. The minimum atomic E-state index is 0.859. The van der Waals surface area contributed by atoms with Crippen LogP contribution in [0.3, 0.4) is 0 Å². The highest BCUT2D eigenvalue weighted by Crippen LogP contribution is 2.35. The van der Waals surface area contributed by atoms with Crippen molar-refractivity contribution in [3.05, 3.63) is 72.7 Å². The predicted octanol–water partition coefficient (Wildman–Crippen LogP) is 5.40. The van der Waals surface area contributed by atoms with Crippen LogP contribution in [0.25, 0.3) is 33.2 Å². The van der Waals surface area contributed by atoms with Gasteiger partial charge in [-0.1, -0.05) is 30.3 Å². The van der Waals surface area contributed by atoms with E-state index in [0.29, 0.717) is 0 Å². The number of aromatic amines is 1. The first kappa shape index (κ1) is 19.2. The molecule has 0 fully saturated rings. The van der Waals surface area contributed by atoms with Gasteiger partial charge in [0.15, 0.2) is 0 Å². The molecule has 0 saturated carbocycles. The van der Waals surface area contributed by atoms with E-state index in [2.05, 4.69) is 71.4 Å². The lowest BCUT2D eigenvalue weighted by atomic mass is 9.98. The van der Waals surface area contributed by atoms with Crippen LogP contribution in [0.2, 0.25) is 0 Å². The molecule has 2 heterocycles. The number of aryl methyl sites for hydroxylation is 1. The van der Waals surface area contributed by atoms with Crippen LogP contribution in [-0.4, -0.2) is 42.6 Å². The van der Waals surface area contributed by atoms with Gasteiger partial charge in [-0.25, -0.2) is 0 Å². The number of hydrogen-bond acceptors (Lipinski definition) is 3. The third kappa shape index (κ3) is 4.17. The van der Waals surface area contributed by atoms with Gasteiger partial charge in [0, 0.05) is 45.7 Å². The van der Waals surface area contributed by atoms with E-state index >= 15 is 0 Å². The lowest BCUT2D eigenvalue weighted by Crippen LogP contribution is -2.13. The molecule has 4 aromatic rings. The number of para-hydroxylation sites is 1. The number of pyridine rings is 1. The predicted molar refractivity (Wildman–Crippen MR) is 120 cm³/mol. The fraction of sp³-hybridized carbons (Fsp3) is 0.240. The van der Waals surface area contributed by atoms with Crippen LogP contribution >= 0.6 is 0 Å². The number of hydrogen-bond donors (Lipinski definition) is 1. The third-order valence-electron chi connectivity index (χ3n) is 5.27. The van der Waals surface area contributed by atoms with E-state index in [9.17, 15) is 0 Å². The summed E-state index contributed by atoms with van der Waals surface area (Å²) in [5.74, 6) is 0.859. The fourth-order valence-electron chi connectivity index (χ4n) is 3.81. The second-order valence-electron chi connectivity index (χ2n) is 7.62. The molecular formula is C25H27N3O. The molecule has 148 valence electrons. The summed E-state index contributed by atoms with van der Waals surface area (Å²) < 4.78 is 5.28. The summed E-state index contributed by atoms with van der Waals surface area (Å²) in [6.45, 7) is 1.07. The first-order chi connectivity index (χ1) is 14.2. The molecule has 0 saturated heterocycles. The van der Waals surface area contributed by atoms with Crippen molar-refractivity contribution in [2.24, 2.45) is 0 Å². The van der Waals surface area contributed by atoms with Crippen molar-refractivity contribution < 1.29 is 4.74 Å². The molecule has 0 amide bonds. The van der Waals surface area contributed by atoms with Crippen molar-refractivity contribution in [3.8, 4) is 28.0 Å². The van der Waals surface area contributed by atoms with Gasteiger partial charge >= 0.3 is 0 Å². The summed E-state index contributed by atoms with van der Waals surface area (Å²) in [4.78, 5) is 10.4. The molecule has 0 unspecified atom stereocenters. The van der Waals surface area contributed by atoms with Crippen molar-refractivity contribution in [2.75, 3.05) is 27.7 Å². The molecule has 0 aliphatic heterocycles. The fourth-order valence-corrected chi connectivity index (χ4v) is 3.81. The Morgan fingerprint density at radius 3 is 2.45 bits per heavy atom. The first-order valence-electron chi connectivity index (χ1n) is 10.00. The summed E-state index contributed by atoms with van der Waals surface area (Å²) in [6.07, 6.45) is 6.01. The molecule has 1 N–H and O–H groups in total. The van der Waals surface area contributed by atoms with Crippen molar-refractivity contribution >= 4 is 10.9 Å². The summed E-state index contributed by atoms with van der Waals surface area (Å²) in [5.41, 5.74) is 7.11. The Kier molecular flexibility index (Phi) is 5.63. The van der Waals surface area contributed by atoms with Gasteiger partial charge in [0.1, 0.15) is 5.75 Å². The van der Waals surface area contributed by atoms with Crippen LogP contribution in [0.5, 0.6) is 5.75 Å². The quantitative estimate of drug-likeness (QED) is 0.463. The molecule has 0 radical (unpaired) electrons. The van der Waals surface area contributed by atoms with Crippen LogP contribution in [0.15, 0.2) is 67.0 Å². The van der Waals surface area contributed by atoms with Gasteiger partial charge in [-0.2, -0.15) is 0 Å². The summed E-state index contributed by atoms with van der Waals surface area (Å²) in [5, 5.41) is 1.25. The molecule has 4 rings (SSSR count). The zero-order valence-corrected chi connectivity index (χ0v) is 17.3. The van der Waals surface area contributed by atoms with E-state index in [1.807, 2.05) is 24.5 Å². The van der Waals surface area contributed by atoms with Gasteiger partial charge in [0.2, 0.25) is 0 Å². The van der Waals surface area contributed by atoms with Gasteiger partial charge in [0.05, 0.1) is 7.11 Å². The van der Waals surface area contributed by atoms with Crippen LogP contribution in [0, 0.1) is 0 Å². The van der Waals surface area contributed by atoms with Gasteiger partial charge < -0.3 is 14.6 Å². The van der Waals surface area contributed by atoms with E-state index in [0.717, 1.165) is 41.8 Å². The summed E-state index contributed by atoms with van der Waals surface area (Å²) in [6, 6.07) is 18.9. The average molecular weight is 386 g/mol. The largest absolute Gasteiger partial charge is 0.497 e. The Balaban J connectivity index is 1.75. The van der Waals surface area contributed by atoms with Crippen LogP contribution in [0.1, 0.15) is 12.1 Å². The van der Waals surface area contributed by atoms with Crippen LogP contribution < -0.4 is 4.74 Å². The monoisotopic (exact) mass is 385 g/mol. The second-order valence-corrected chi connectivity index (χ2v) is 7.62. The number of fused-ring (bicyclic) bond motifs is 1. The van der Waals surface area contributed by atoms with Crippen molar-refractivity contribution in [1.29, 1.82) is 0 Å². The minimum absolute atomic E-state index is 0.859. The highest BCUT2D eigenvalue weighted by molar-refractivity contribution is 5.98. The Morgan fingerprint density at radius 1 is 0.931 bits per heavy atom. The normalized spacial score (nSPS) is 11.3. The molecule has 0 aliphatic rings. The second kappa shape index (κ2) is 8.50. The van der Waals surface area contributed by atoms with Crippen molar-refractivity contribution in [3.63, 3.8) is 0 Å². The van der Waals surface area contributed by atoms with Gasteiger partial charge in [-0.05, 0) is 63.3 Å². The summed E-state index contributed by atoms with van der Waals surface area (Å²) >= 11 is 0. The SMILES string of the molecule is COc1ccc(-c2cncc(-c3c(CCCN(C)C)[nH]c4ccccc34)c2)cc1. The number of ether oxygens (including phenoxy) is 1. The smallest absolute Gasteiger partial charge is 0.118 e. The van der Waals surface area contributed by atoms with Crippen molar-refractivity contribution in [2.45, 2.75) is 12.8 Å². The van der Waals surface area contributed by atoms with Gasteiger partial charge in [0.25, 0.3) is 0 Å². The van der Waals surface area contributed by atoms with E-state index in [1.54, 1.807) is 7.11 Å². The Hall–Kier alpha value is -3.11. The van der Waals surface area contributed by atoms with Crippen LogP contribution in [0.4, 0.5) is 0 Å². The average Bonchev–Trinajstić information content (AvgIpc) is 3.12. The van der Waals surface area contributed by atoms with E-state index in [-0.39, 0.29) is 0 Å². The number of methoxy groups -OCH3 is 1. The zero-order chi connectivity index (χ0) is 20.2. The lowest BCUT2D eigenvalue weighted by molar-refractivity contribution is 0.400. The molecule has 0 bridgehead atoms. The van der Waals surface area contributed by atoms with Crippen LogP contribution in [-0.2, 0) is 6.42 Å². The van der Waals surface area contributed by atoms with Crippen molar-refractivity contribution in [1.82, 2.24) is 14.9 Å². The maximum Gasteiger partial charge on any atom is 0.118 e. The van der Waals surface area contributed by atoms with E-state index < -0.39 is 0 Å². The number of benzene rings is 2. The highest BCUT2D eigenvalue weighted by Gasteiger charge is 2.14. The minimum Gasteiger partial charge on any atom is -0.497 e. The van der Waals surface area contributed by atoms with Gasteiger partial charge in [-0.15, -0.1) is 0 Å². The molecule has 2 aromatic carbocycles. The summed E-state index contributed by atoms with van der Waals surface area (Å²) in [7, 11) is 5.93. The Labute approximate surface area is 172 Å².